The standard InChI is InChI=1S/C15H15FN4O6/c1-8(2)6-18-13(22)14(23)19(15(18)24)7-12(21)17-11-5-9(20(25)26)3-4-10(11)16/h3-5,8H,6-7H2,1-2H3,(H,17,21). The molecular weight excluding hydrogens is 351 g/mol. The van der Waals surface area contributed by atoms with E-state index in [1.54, 1.807) is 13.8 Å². The molecule has 1 fully saturated rings. The molecule has 5 amide bonds. The lowest BCUT2D eigenvalue weighted by Gasteiger charge is -2.16. The molecule has 0 saturated carbocycles. The molecule has 1 aromatic rings. The summed E-state index contributed by atoms with van der Waals surface area (Å²) in [5.41, 5.74) is -0.929. The van der Waals surface area contributed by atoms with Crippen molar-refractivity contribution in [3.05, 3.63) is 34.1 Å². The quantitative estimate of drug-likeness (QED) is 0.347. The van der Waals surface area contributed by atoms with Crippen LogP contribution >= 0.6 is 0 Å². The van der Waals surface area contributed by atoms with Gasteiger partial charge in [-0.05, 0) is 12.0 Å². The Labute approximate surface area is 146 Å². The van der Waals surface area contributed by atoms with Crippen LogP contribution in [0.2, 0.25) is 0 Å². The van der Waals surface area contributed by atoms with Gasteiger partial charge in [0.05, 0.1) is 10.6 Å². The van der Waals surface area contributed by atoms with Crippen molar-refractivity contribution >= 4 is 35.1 Å². The maximum absolute atomic E-state index is 13.7. The average molecular weight is 366 g/mol. The molecule has 0 radical (unpaired) electrons. The van der Waals surface area contributed by atoms with Crippen molar-refractivity contribution in [1.29, 1.82) is 0 Å². The van der Waals surface area contributed by atoms with Crippen molar-refractivity contribution in [1.82, 2.24) is 9.80 Å². The minimum Gasteiger partial charge on any atom is -0.322 e. The molecule has 2 rings (SSSR count). The summed E-state index contributed by atoms with van der Waals surface area (Å²) in [4.78, 5) is 58.9. The molecular formula is C15H15FN4O6. The number of non-ortho nitro benzene ring substituents is 1. The topological polar surface area (TPSA) is 130 Å². The number of rotatable bonds is 6. The monoisotopic (exact) mass is 366 g/mol. The smallest absolute Gasteiger partial charge is 0.322 e. The molecule has 1 aliphatic heterocycles. The highest BCUT2D eigenvalue weighted by Crippen LogP contribution is 2.21. The second kappa shape index (κ2) is 7.25. The molecule has 0 aromatic heterocycles. The van der Waals surface area contributed by atoms with Gasteiger partial charge < -0.3 is 5.32 Å². The summed E-state index contributed by atoms with van der Waals surface area (Å²) in [5.74, 6) is -4.20. The Morgan fingerprint density at radius 2 is 1.85 bits per heavy atom. The van der Waals surface area contributed by atoms with Gasteiger partial charge in [0.1, 0.15) is 12.4 Å². The molecule has 0 spiro atoms. The van der Waals surface area contributed by atoms with Crippen LogP contribution < -0.4 is 5.32 Å². The number of nitro benzene ring substituents is 1. The lowest BCUT2D eigenvalue weighted by molar-refractivity contribution is -0.384. The summed E-state index contributed by atoms with van der Waals surface area (Å²) >= 11 is 0. The first-order chi connectivity index (χ1) is 12.1. The Hall–Kier alpha value is -3.37. The van der Waals surface area contributed by atoms with Gasteiger partial charge in [-0.3, -0.25) is 29.4 Å². The zero-order valence-corrected chi connectivity index (χ0v) is 13.9. The van der Waals surface area contributed by atoms with E-state index in [2.05, 4.69) is 0 Å². The van der Waals surface area contributed by atoms with Crippen LogP contribution in [0, 0.1) is 21.8 Å². The van der Waals surface area contributed by atoms with Gasteiger partial charge in [0.25, 0.3) is 5.69 Å². The molecule has 0 atom stereocenters. The van der Waals surface area contributed by atoms with E-state index in [0.29, 0.717) is 4.90 Å². The number of nitrogens with zero attached hydrogens (tertiary/aromatic N) is 3. The lowest BCUT2D eigenvalue weighted by atomic mass is 10.2. The van der Waals surface area contributed by atoms with Crippen molar-refractivity contribution in [3.63, 3.8) is 0 Å². The first-order valence-corrected chi connectivity index (χ1v) is 7.53. The number of halogens is 1. The van der Waals surface area contributed by atoms with Gasteiger partial charge >= 0.3 is 17.8 Å². The van der Waals surface area contributed by atoms with E-state index < -0.39 is 52.4 Å². The first kappa shape index (κ1) is 19.0. The van der Waals surface area contributed by atoms with Crippen molar-refractivity contribution in [3.8, 4) is 0 Å². The Kier molecular flexibility index (Phi) is 5.29. The fourth-order valence-corrected chi connectivity index (χ4v) is 2.27. The number of hydrogen-bond donors (Lipinski definition) is 1. The zero-order valence-electron chi connectivity index (χ0n) is 13.9. The molecule has 0 unspecified atom stereocenters. The van der Waals surface area contributed by atoms with E-state index in [0.717, 1.165) is 23.1 Å². The van der Waals surface area contributed by atoms with E-state index in [4.69, 9.17) is 0 Å². The lowest BCUT2D eigenvalue weighted by Crippen LogP contribution is -2.39. The third-order valence-electron chi connectivity index (χ3n) is 3.42. The molecule has 26 heavy (non-hydrogen) atoms. The van der Waals surface area contributed by atoms with E-state index in [1.807, 2.05) is 5.32 Å². The summed E-state index contributed by atoms with van der Waals surface area (Å²) in [7, 11) is 0. The number of nitrogens with one attached hydrogen (secondary N) is 1. The molecule has 1 aromatic carbocycles. The number of nitro groups is 1. The van der Waals surface area contributed by atoms with Gasteiger partial charge in [0.2, 0.25) is 5.91 Å². The number of amides is 5. The van der Waals surface area contributed by atoms with E-state index in [9.17, 15) is 33.7 Å². The van der Waals surface area contributed by atoms with Crippen molar-refractivity contribution in [2.24, 2.45) is 5.92 Å². The Balaban J connectivity index is 2.12. The second-order valence-corrected chi connectivity index (χ2v) is 5.95. The van der Waals surface area contributed by atoms with Crippen LogP contribution in [0.4, 0.5) is 20.6 Å². The summed E-state index contributed by atoms with van der Waals surface area (Å²) in [5, 5.41) is 12.8. The van der Waals surface area contributed by atoms with Crippen LogP contribution in [0.5, 0.6) is 0 Å². The molecule has 0 bridgehead atoms. The van der Waals surface area contributed by atoms with Crippen LogP contribution in [-0.2, 0) is 14.4 Å². The number of carbonyl (C=O) groups excluding carboxylic acids is 4. The third kappa shape index (κ3) is 3.82. The van der Waals surface area contributed by atoms with Crippen molar-refractivity contribution < 1.29 is 28.5 Å². The van der Waals surface area contributed by atoms with Crippen LogP contribution in [0.1, 0.15) is 13.8 Å². The highest BCUT2D eigenvalue weighted by Gasteiger charge is 2.45. The van der Waals surface area contributed by atoms with E-state index in [1.165, 1.54) is 0 Å². The largest absolute Gasteiger partial charge is 0.334 e. The summed E-state index contributed by atoms with van der Waals surface area (Å²) in [6.07, 6.45) is 0. The highest BCUT2D eigenvalue weighted by molar-refractivity contribution is 6.45. The van der Waals surface area contributed by atoms with Gasteiger partial charge in [-0.15, -0.1) is 0 Å². The predicted octanol–water partition coefficient (Wildman–Crippen LogP) is 1.12. The minimum atomic E-state index is -1.16. The zero-order chi connectivity index (χ0) is 19.6. The van der Waals surface area contributed by atoms with E-state index >= 15 is 0 Å². The maximum atomic E-state index is 13.7. The Morgan fingerprint density at radius 3 is 2.42 bits per heavy atom. The number of imide groups is 2. The SMILES string of the molecule is CC(C)CN1C(=O)C(=O)N(CC(=O)Nc2cc([N+](=O)[O-])ccc2F)C1=O. The minimum absolute atomic E-state index is 0.0149. The average Bonchev–Trinajstić information content (AvgIpc) is 2.74. The van der Waals surface area contributed by atoms with Gasteiger partial charge in [-0.1, -0.05) is 13.8 Å². The van der Waals surface area contributed by atoms with Crippen molar-refractivity contribution in [2.45, 2.75) is 13.8 Å². The first-order valence-electron chi connectivity index (χ1n) is 7.53. The number of anilines is 1. The summed E-state index contributed by atoms with van der Waals surface area (Å²) < 4.78 is 13.7. The molecule has 1 saturated heterocycles. The van der Waals surface area contributed by atoms with Crippen LogP contribution in [-0.4, -0.2) is 51.6 Å². The van der Waals surface area contributed by atoms with Crippen LogP contribution in [0.3, 0.4) is 0 Å². The van der Waals surface area contributed by atoms with Gasteiger partial charge in [0, 0.05) is 18.7 Å². The Bertz CT molecular complexity index is 809. The summed E-state index contributed by atoms with van der Waals surface area (Å²) in [6, 6.07) is 1.58. The van der Waals surface area contributed by atoms with Crippen LogP contribution in [0.15, 0.2) is 18.2 Å². The molecule has 10 nitrogen and oxygen atoms in total. The molecule has 1 N–H and O–H groups in total. The molecule has 11 heteroatoms. The van der Waals surface area contributed by atoms with E-state index in [-0.39, 0.29) is 12.5 Å². The summed E-state index contributed by atoms with van der Waals surface area (Å²) in [6.45, 7) is 2.68. The molecule has 138 valence electrons. The van der Waals surface area contributed by atoms with Crippen molar-refractivity contribution in [2.75, 3.05) is 18.4 Å². The number of hydrogen-bond acceptors (Lipinski definition) is 6. The highest BCUT2D eigenvalue weighted by atomic mass is 19.1. The predicted molar refractivity (Wildman–Crippen MR) is 85.3 cm³/mol. The van der Waals surface area contributed by atoms with Gasteiger partial charge in [-0.25, -0.2) is 14.1 Å². The second-order valence-electron chi connectivity index (χ2n) is 5.95. The third-order valence-corrected chi connectivity index (χ3v) is 3.42. The Morgan fingerprint density at radius 1 is 1.23 bits per heavy atom. The number of carbonyl (C=O) groups is 4. The van der Waals surface area contributed by atoms with Gasteiger partial charge in [-0.2, -0.15) is 0 Å². The maximum Gasteiger partial charge on any atom is 0.334 e. The molecule has 1 heterocycles. The van der Waals surface area contributed by atoms with Crippen LogP contribution in [0.25, 0.3) is 0 Å². The molecule has 0 aliphatic carbocycles. The fourth-order valence-electron chi connectivity index (χ4n) is 2.27. The van der Waals surface area contributed by atoms with Gasteiger partial charge in [0.15, 0.2) is 0 Å². The normalized spacial score (nSPS) is 14.4. The fraction of sp³-hybridized carbons (Fsp3) is 0.333. The number of urea groups is 1. The molecule has 1 aliphatic rings. The number of benzene rings is 1.